The second-order valence-corrected chi connectivity index (χ2v) is 6.94. The van der Waals surface area contributed by atoms with Gasteiger partial charge in [0.1, 0.15) is 5.75 Å². The van der Waals surface area contributed by atoms with Crippen molar-refractivity contribution in [1.29, 1.82) is 0 Å². The summed E-state index contributed by atoms with van der Waals surface area (Å²) in [5.74, 6) is 1.07. The van der Waals surface area contributed by atoms with E-state index in [9.17, 15) is 4.79 Å². The highest BCUT2D eigenvalue weighted by molar-refractivity contribution is 7.99. The summed E-state index contributed by atoms with van der Waals surface area (Å²) in [6.45, 7) is 1.09. The number of carbonyl (C=O) groups excluding carboxylic acids is 1. The number of rotatable bonds is 8. The first kappa shape index (κ1) is 18.9. The number of carbonyl (C=O) groups is 1. The Kier molecular flexibility index (Phi) is 6.43. The van der Waals surface area contributed by atoms with E-state index in [0.717, 1.165) is 16.9 Å². The molecular weight excluding hydrogens is 362 g/mol. The molecule has 0 saturated carbocycles. The minimum absolute atomic E-state index is 0.0112. The highest BCUT2D eigenvalue weighted by atomic mass is 32.2. The van der Waals surface area contributed by atoms with E-state index in [1.54, 1.807) is 23.7 Å². The van der Waals surface area contributed by atoms with Gasteiger partial charge < -0.3 is 9.64 Å². The van der Waals surface area contributed by atoms with E-state index in [0.29, 0.717) is 18.2 Å². The van der Waals surface area contributed by atoms with Crippen molar-refractivity contribution in [3.8, 4) is 5.75 Å². The molecule has 0 saturated heterocycles. The Balaban J connectivity index is 1.55. The second-order valence-electron chi connectivity index (χ2n) is 5.99. The maximum Gasteiger partial charge on any atom is 0.233 e. The van der Waals surface area contributed by atoms with Crippen LogP contribution in [0.25, 0.3) is 0 Å². The van der Waals surface area contributed by atoms with E-state index in [1.807, 2.05) is 54.6 Å². The molecule has 0 aliphatic heterocycles. The smallest absolute Gasteiger partial charge is 0.233 e. The summed E-state index contributed by atoms with van der Waals surface area (Å²) >= 11 is 1.34. The molecule has 0 aliphatic rings. The van der Waals surface area contributed by atoms with Crippen LogP contribution in [0, 0.1) is 0 Å². The third kappa shape index (κ3) is 5.30. The number of hydrogen-bond acceptors (Lipinski definition) is 6. The second kappa shape index (κ2) is 9.18. The summed E-state index contributed by atoms with van der Waals surface area (Å²) in [5.41, 5.74) is 2.12. The fraction of sp³-hybridized carbons (Fsp3) is 0.263. The number of methoxy groups -OCH3 is 1. The molecule has 7 nitrogen and oxygen atoms in total. The Morgan fingerprint density at radius 1 is 1.15 bits per heavy atom. The number of aromatic nitrogens is 4. The van der Waals surface area contributed by atoms with Crippen molar-refractivity contribution in [3.05, 3.63) is 65.7 Å². The molecule has 0 radical (unpaired) electrons. The van der Waals surface area contributed by atoms with Gasteiger partial charge in [-0.1, -0.05) is 54.2 Å². The van der Waals surface area contributed by atoms with E-state index in [4.69, 9.17) is 4.74 Å². The monoisotopic (exact) mass is 383 g/mol. The van der Waals surface area contributed by atoms with Crippen LogP contribution in [-0.4, -0.2) is 50.9 Å². The summed E-state index contributed by atoms with van der Waals surface area (Å²) in [7, 11) is 3.42. The normalized spacial score (nSPS) is 10.6. The SMILES string of the molecule is COc1cccc(CN(C)C(=O)CSc2nnnn2Cc2ccccc2)c1. The zero-order valence-electron chi connectivity index (χ0n) is 15.3. The van der Waals surface area contributed by atoms with Crippen LogP contribution in [0.4, 0.5) is 0 Å². The van der Waals surface area contributed by atoms with Gasteiger partial charge in [-0.2, -0.15) is 0 Å². The lowest BCUT2D eigenvalue weighted by molar-refractivity contribution is -0.127. The zero-order chi connectivity index (χ0) is 19.1. The molecule has 0 unspecified atom stereocenters. The summed E-state index contributed by atoms with van der Waals surface area (Å²) < 4.78 is 6.93. The molecule has 0 aliphatic carbocycles. The van der Waals surface area contributed by atoms with Gasteiger partial charge in [-0.25, -0.2) is 4.68 Å². The van der Waals surface area contributed by atoms with Crippen molar-refractivity contribution >= 4 is 17.7 Å². The fourth-order valence-corrected chi connectivity index (χ4v) is 3.34. The molecule has 1 heterocycles. The van der Waals surface area contributed by atoms with Crippen LogP contribution in [0.5, 0.6) is 5.75 Å². The molecule has 0 bridgehead atoms. The number of tetrazole rings is 1. The van der Waals surface area contributed by atoms with Gasteiger partial charge in [0.15, 0.2) is 0 Å². The molecule has 0 fully saturated rings. The minimum Gasteiger partial charge on any atom is -0.497 e. The molecule has 1 amide bonds. The Morgan fingerprint density at radius 3 is 2.70 bits per heavy atom. The van der Waals surface area contributed by atoms with Gasteiger partial charge in [0.2, 0.25) is 11.1 Å². The van der Waals surface area contributed by atoms with E-state index >= 15 is 0 Å². The first-order valence-corrected chi connectivity index (χ1v) is 9.44. The van der Waals surface area contributed by atoms with Crippen molar-refractivity contribution in [2.75, 3.05) is 19.9 Å². The summed E-state index contributed by atoms with van der Waals surface area (Å²) in [5, 5.41) is 12.4. The van der Waals surface area contributed by atoms with Crippen LogP contribution in [0.1, 0.15) is 11.1 Å². The molecule has 0 atom stereocenters. The van der Waals surface area contributed by atoms with Crippen molar-refractivity contribution in [3.63, 3.8) is 0 Å². The van der Waals surface area contributed by atoms with Gasteiger partial charge in [-0.15, -0.1) is 5.10 Å². The number of amides is 1. The topological polar surface area (TPSA) is 73.1 Å². The highest BCUT2D eigenvalue weighted by Gasteiger charge is 2.14. The average Bonchev–Trinajstić information content (AvgIpc) is 3.14. The van der Waals surface area contributed by atoms with E-state index < -0.39 is 0 Å². The first-order valence-electron chi connectivity index (χ1n) is 8.45. The molecule has 27 heavy (non-hydrogen) atoms. The first-order chi connectivity index (χ1) is 13.2. The number of nitrogens with zero attached hydrogens (tertiary/aromatic N) is 5. The van der Waals surface area contributed by atoms with Crippen LogP contribution in [0.2, 0.25) is 0 Å². The van der Waals surface area contributed by atoms with E-state index in [-0.39, 0.29) is 11.7 Å². The predicted molar refractivity (Wildman–Crippen MR) is 104 cm³/mol. The van der Waals surface area contributed by atoms with Crippen LogP contribution in [0.3, 0.4) is 0 Å². The minimum atomic E-state index is 0.0112. The maximum absolute atomic E-state index is 12.5. The number of thioether (sulfide) groups is 1. The summed E-state index contributed by atoms with van der Waals surface area (Å²) in [6.07, 6.45) is 0. The van der Waals surface area contributed by atoms with Crippen LogP contribution in [0.15, 0.2) is 59.8 Å². The molecule has 2 aromatic carbocycles. The largest absolute Gasteiger partial charge is 0.497 e. The lowest BCUT2D eigenvalue weighted by atomic mass is 10.2. The summed E-state index contributed by atoms with van der Waals surface area (Å²) in [6, 6.07) is 17.7. The quantitative estimate of drug-likeness (QED) is 0.557. The molecule has 0 N–H and O–H groups in total. The maximum atomic E-state index is 12.5. The van der Waals surface area contributed by atoms with Gasteiger partial charge in [-0.3, -0.25) is 4.79 Å². The molecule has 8 heteroatoms. The molecule has 3 rings (SSSR count). The van der Waals surface area contributed by atoms with Crippen molar-refractivity contribution in [2.45, 2.75) is 18.2 Å². The van der Waals surface area contributed by atoms with Crippen LogP contribution < -0.4 is 4.74 Å². The number of benzene rings is 2. The Bertz CT molecular complexity index is 885. The number of hydrogen-bond donors (Lipinski definition) is 0. The van der Waals surface area contributed by atoms with Gasteiger partial charge in [0.25, 0.3) is 0 Å². The van der Waals surface area contributed by atoms with E-state index in [2.05, 4.69) is 15.5 Å². The van der Waals surface area contributed by atoms with E-state index in [1.165, 1.54) is 11.8 Å². The molecule has 3 aromatic rings. The predicted octanol–water partition coefficient (Wildman–Crippen LogP) is 2.48. The summed E-state index contributed by atoms with van der Waals surface area (Å²) in [4.78, 5) is 14.2. The van der Waals surface area contributed by atoms with Crippen LogP contribution in [-0.2, 0) is 17.9 Å². The molecule has 1 aromatic heterocycles. The Morgan fingerprint density at radius 2 is 1.93 bits per heavy atom. The average molecular weight is 383 g/mol. The molecule has 140 valence electrons. The van der Waals surface area contributed by atoms with Crippen LogP contribution >= 0.6 is 11.8 Å². The number of ether oxygens (including phenoxy) is 1. The van der Waals surface area contributed by atoms with Crippen molar-refractivity contribution in [2.24, 2.45) is 0 Å². The Labute approximate surface area is 162 Å². The van der Waals surface area contributed by atoms with Gasteiger partial charge in [0, 0.05) is 13.6 Å². The Hall–Kier alpha value is -2.87. The lowest BCUT2D eigenvalue weighted by Crippen LogP contribution is -2.28. The van der Waals surface area contributed by atoms with Gasteiger partial charge >= 0.3 is 0 Å². The standard InChI is InChI=1S/C19H21N5O2S/c1-23(12-16-9-6-10-17(11-16)26-2)18(25)14-27-19-20-21-22-24(19)13-15-7-4-3-5-8-15/h3-11H,12-14H2,1-2H3. The third-order valence-corrected chi connectivity index (χ3v) is 4.92. The van der Waals surface area contributed by atoms with Crippen molar-refractivity contribution in [1.82, 2.24) is 25.1 Å². The molecule has 0 spiro atoms. The van der Waals surface area contributed by atoms with Crippen molar-refractivity contribution < 1.29 is 9.53 Å². The van der Waals surface area contributed by atoms with Gasteiger partial charge in [-0.05, 0) is 33.7 Å². The fourth-order valence-electron chi connectivity index (χ4n) is 2.52. The van der Waals surface area contributed by atoms with Gasteiger partial charge in [0.05, 0.1) is 19.4 Å². The zero-order valence-corrected chi connectivity index (χ0v) is 16.1. The highest BCUT2D eigenvalue weighted by Crippen LogP contribution is 2.17. The third-order valence-electron chi connectivity index (χ3n) is 3.98. The lowest BCUT2D eigenvalue weighted by Gasteiger charge is -2.17. The molecular formula is C19H21N5O2S.